The molecule has 0 aliphatic heterocycles. The zero-order valence-corrected chi connectivity index (χ0v) is 11.1. The van der Waals surface area contributed by atoms with E-state index in [1.807, 2.05) is 48.5 Å². The third-order valence-corrected chi connectivity index (χ3v) is 3.54. The maximum atomic E-state index is 12.3. The molecule has 3 nitrogen and oxygen atoms in total. The lowest BCUT2D eigenvalue weighted by atomic mass is 10.1. The fraction of sp³-hybridized carbons (Fsp3) is 0. The minimum Gasteiger partial charge on any atom is -0.456 e. The molecule has 0 aliphatic carbocycles. The second-order valence-electron chi connectivity index (χ2n) is 4.91. The Labute approximate surface area is 120 Å². The van der Waals surface area contributed by atoms with Crippen LogP contribution in [0.4, 0.5) is 0 Å². The van der Waals surface area contributed by atoms with Gasteiger partial charge in [0.1, 0.15) is 11.3 Å². The van der Waals surface area contributed by atoms with Gasteiger partial charge in [-0.1, -0.05) is 24.3 Å². The molecule has 0 aliphatic rings. The first-order valence-electron chi connectivity index (χ1n) is 6.68. The topological polar surface area (TPSA) is 43.1 Å². The number of hydrogen-bond acceptors (Lipinski definition) is 3. The molecule has 3 heteroatoms. The van der Waals surface area contributed by atoms with Gasteiger partial charge in [-0.05, 0) is 35.0 Å². The van der Waals surface area contributed by atoms with E-state index in [9.17, 15) is 4.79 Å². The van der Waals surface area contributed by atoms with Gasteiger partial charge in [-0.15, -0.1) is 0 Å². The number of pyridine rings is 1. The second-order valence-corrected chi connectivity index (χ2v) is 4.91. The van der Waals surface area contributed by atoms with Crippen molar-refractivity contribution in [3.63, 3.8) is 0 Å². The molecule has 0 unspecified atom stereocenters. The monoisotopic (exact) mass is 273 g/mol. The molecule has 2 aromatic heterocycles. The van der Waals surface area contributed by atoms with Crippen molar-refractivity contribution in [2.75, 3.05) is 0 Å². The molecule has 4 aromatic rings. The SMILES string of the molecule is O=c1cc(-c2cccnc2)oc2cc3ccccc3cc12. The maximum Gasteiger partial charge on any atom is 0.193 e. The smallest absolute Gasteiger partial charge is 0.193 e. The predicted molar refractivity (Wildman–Crippen MR) is 83.2 cm³/mol. The highest BCUT2D eigenvalue weighted by Crippen LogP contribution is 2.25. The number of fused-ring (bicyclic) bond motifs is 2. The fourth-order valence-corrected chi connectivity index (χ4v) is 2.49. The molecule has 0 spiro atoms. The van der Waals surface area contributed by atoms with Gasteiger partial charge >= 0.3 is 0 Å². The number of nitrogens with zero attached hydrogens (tertiary/aromatic N) is 1. The summed E-state index contributed by atoms with van der Waals surface area (Å²) in [4.78, 5) is 16.4. The van der Waals surface area contributed by atoms with Crippen LogP contribution in [0.5, 0.6) is 0 Å². The van der Waals surface area contributed by atoms with E-state index >= 15 is 0 Å². The zero-order valence-electron chi connectivity index (χ0n) is 11.1. The molecule has 0 saturated carbocycles. The Morgan fingerprint density at radius 3 is 2.48 bits per heavy atom. The van der Waals surface area contributed by atoms with Crippen LogP contribution in [-0.2, 0) is 0 Å². The summed E-state index contributed by atoms with van der Waals surface area (Å²) in [7, 11) is 0. The lowest BCUT2D eigenvalue weighted by molar-refractivity contribution is 0.619. The van der Waals surface area contributed by atoms with Crippen LogP contribution in [0.15, 0.2) is 76.2 Å². The van der Waals surface area contributed by atoms with Crippen LogP contribution < -0.4 is 5.43 Å². The number of hydrogen-bond donors (Lipinski definition) is 0. The molecule has 0 saturated heterocycles. The van der Waals surface area contributed by atoms with Gasteiger partial charge < -0.3 is 4.42 Å². The normalized spacial score (nSPS) is 11.0. The predicted octanol–water partition coefficient (Wildman–Crippen LogP) is 4.01. The molecule has 2 heterocycles. The highest BCUT2D eigenvalue weighted by Gasteiger charge is 2.08. The van der Waals surface area contributed by atoms with Crippen molar-refractivity contribution in [3.05, 3.63) is 77.2 Å². The summed E-state index contributed by atoms with van der Waals surface area (Å²) in [5, 5.41) is 2.68. The quantitative estimate of drug-likeness (QED) is 0.492. The Hall–Kier alpha value is -2.94. The van der Waals surface area contributed by atoms with E-state index in [2.05, 4.69) is 4.98 Å². The molecule has 0 amide bonds. The lowest BCUT2D eigenvalue weighted by Crippen LogP contribution is -2.00. The van der Waals surface area contributed by atoms with Gasteiger partial charge in [-0.2, -0.15) is 0 Å². The molecule has 0 radical (unpaired) electrons. The first kappa shape index (κ1) is 11.9. The van der Waals surface area contributed by atoms with Crippen molar-refractivity contribution in [2.45, 2.75) is 0 Å². The van der Waals surface area contributed by atoms with Gasteiger partial charge in [0.15, 0.2) is 5.43 Å². The molecule has 0 N–H and O–H groups in total. The van der Waals surface area contributed by atoms with E-state index in [0.717, 1.165) is 16.3 Å². The summed E-state index contributed by atoms with van der Waals surface area (Å²) in [6.45, 7) is 0. The lowest BCUT2D eigenvalue weighted by Gasteiger charge is -2.04. The summed E-state index contributed by atoms with van der Waals surface area (Å²) >= 11 is 0. The summed E-state index contributed by atoms with van der Waals surface area (Å²) < 4.78 is 5.90. The van der Waals surface area contributed by atoms with E-state index in [-0.39, 0.29) is 5.43 Å². The Kier molecular flexibility index (Phi) is 2.57. The molecular weight excluding hydrogens is 262 g/mol. The third-order valence-electron chi connectivity index (χ3n) is 3.54. The van der Waals surface area contributed by atoms with E-state index < -0.39 is 0 Å². The first-order valence-corrected chi connectivity index (χ1v) is 6.68. The molecule has 21 heavy (non-hydrogen) atoms. The van der Waals surface area contributed by atoms with Crippen LogP contribution >= 0.6 is 0 Å². The van der Waals surface area contributed by atoms with E-state index in [4.69, 9.17) is 4.42 Å². The number of benzene rings is 2. The minimum atomic E-state index is -0.0409. The van der Waals surface area contributed by atoms with Crippen molar-refractivity contribution in [3.8, 4) is 11.3 Å². The summed E-state index contributed by atoms with van der Waals surface area (Å²) in [5.41, 5.74) is 1.35. The van der Waals surface area contributed by atoms with Crippen molar-refractivity contribution in [1.82, 2.24) is 4.98 Å². The molecule has 100 valence electrons. The Morgan fingerprint density at radius 2 is 1.71 bits per heavy atom. The third kappa shape index (κ3) is 1.99. The zero-order chi connectivity index (χ0) is 14.2. The van der Waals surface area contributed by atoms with Crippen LogP contribution in [0.25, 0.3) is 33.1 Å². The molecule has 0 fully saturated rings. The molecule has 0 bridgehead atoms. The van der Waals surface area contributed by atoms with Gasteiger partial charge in [0.25, 0.3) is 0 Å². The van der Waals surface area contributed by atoms with Crippen molar-refractivity contribution in [2.24, 2.45) is 0 Å². The summed E-state index contributed by atoms with van der Waals surface area (Å²) in [6.07, 6.45) is 3.38. The minimum absolute atomic E-state index is 0.0409. The average molecular weight is 273 g/mol. The van der Waals surface area contributed by atoms with E-state index in [0.29, 0.717) is 16.7 Å². The van der Waals surface area contributed by atoms with Crippen molar-refractivity contribution < 1.29 is 4.42 Å². The van der Waals surface area contributed by atoms with Crippen LogP contribution in [-0.4, -0.2) is 4.98 Å². The Morgan fingerprint density at radius 1 is 0.905 bits per heavy atom. The molecular formula is C18H11NO2. The van der Waals surface area contributed by atoms with Gasteiger partial charge in [-0.3, -0.25) is 9.78 Å². The standard InChI is InChI=1S/C18H11NO2/c20-16-10-17(14-6-3-7-19-11-14)21-18-9-13-5-2-1-4-12(13)8-15(16)18/h1-11H. The van der Waals surface area contributed by atoms with Gasteiger partial charge in [0.2, 0.25) is 0 Å². The average Bonchev–Trinajstić information content (AvgIpc) is 2.54. The van der Waals surface area contributed by atoms with Crippen molar-refractivity contribution in [1.29, 1.82) is 0 Å². The van der Waals surface area contributed by atoms with E-state index in [1.54, 1.807) is 12.4 Å². The highest BCUT2D eigenvalue weighted by atomic mass is 16.3. The Balaban J connectivity index is 2.05. The van der Waals surface area contributed by atoms with Crippen LogP contribution in [0.3, 0.4) is 0 Å². The summed E-state index contributed by atoms with van der Waals surface area (Å²) in [5.74, 6) is 0.538. The molecule has 0 atom stereocenters. The van der Waals surface area contributed by atoms with Crippen LogP contribution in [0, 0.1) is 0 Å². The largest absolute Gasteiger partial charge is 0.456 e. The second kappa shape index (κ2) is 4.56. The number of aromatic nitrogens is 1. The number of rotatable bonds is 1. The maximum absolute atomic E-state index is 12.3. The van der Waals surface area contributed by atoms with Gasteiger partial charge in [0, 0.05) is 24.0 Å². The first-order chi connectivity index (χ1) is 10.3. The van der Waals surface area contributed by atoms with Gasteiger partial charge in [0.05, 0.1) is 5.39 Å². The molecule has 2 aromatic carbocycles. The Bertz CT molecular complexity index is 1000. The van der Waals surface area contributed by atoms with E-state index in [1.165, 1.54) is 6.07 Å². The fourth-order valence-electron chi connectivity index (χ4n) is 2.49. The van der Waals surface area contributed by atoms with Crippen molar-refractivity contribution >= 4 is 21.7 Å². The van der Waals surface area contributed by atoms with Gasteiger partial charge in [-0.25, -0.2) is 0 Å². The van der Waals surface area contributed by atoms with Crippen LogP contribution in [0.2, 0.25) is 0 Å². The highest BCUT2D eigenvalue weighted by molar-refractivity contribution is 5.95. The summed E-state index contributed by atoms with van der Waals surface area (Å²) in [6, 6.07) is 16.9. The van der Waals surface area contributed by atoms with Crippen LogP contribution in [0.1, 0.15) is 0 Å². The molecule has 4 rings (SSSR count).